The first-order valence-electron chi connectivity index (χ1n) is 15.8. The zero-order valence-corrected chi connectivity index (χ0v) is 28.2. The average Bonchev–Trinajstić information content (AvgIpc) is 3.33. The summed E-state index contributed by atoms with van der Waals surface area (Å²) in [6.45, 7) is 20.6. The maximum Gasteiger partial charge on any atom is 0.417 e. The first-order chi connectivity index (χ1) is 19.9. The highest BCUT2D eigenvalue weighted by atomic mass is 16.4. The lowest BCUT2D eigenvalue weighted by Gasteiger charge is -2.05. The first kappa shape index (κ1) is 41.0. The molecule has 0 aliphatic carbocycles. The number of hydrogen-bond donors (Lipinski definition) is 2. The number of phenols is 1. The molecule has 0 spiro atoms. The van der Waals surface area contributed by atoms with E-state index < -0.39 is 5.76 Å². The van der Waals surface area contributed by atoms with Crippen molar-refractivity contribution in [2.45, 2.75) is 133 Å². The number of oxazole rings is 1. The Balaban J connectivity index is 0. The molecule has 0 fully saturated rings. The number of aromatic amines is 1. The molecule has 0 atom stereocenters. The molecule has 6 heteroatoms. The van der Waals surface area contributed by atoms with Crippen molar-refractivity contribution in [1.29, 1.82) is 0 Å². The Kier molecular flexibility index (Phi) is 24.9. The lowest BCUT2D eigenvalue weighted by Crippen LogP contribution is -1.95. The number of aromatic hydroxyl groups is 1. The lowest BCUT2D eigenvalue weighted by atomic mass is 10.0. The monoisotopic (exact) mass is 585 g/mol. The molecule has 0 saturated heterocycles. The van der Waals surface area contributed by atoms with E-state index in [0.717, 1.165) is 23.5 Å². The van der Waals surface area contributed by atoms with Crippen LogP contribution in [0.2, 0.25) is 0 Å². The zero-order valence-electron chi connectivity index (χ0n) is 28.2. The van der Waals surface area contributed by atoms with Crippen LogP contribution in [-0.2, 0) is 11.2 Å². The average molecular weight is 586 g/mol. The minimum absolute atomic E-state index is 0.0502. The predicted octanol–water partition coefficient (Wildman–Crippen LogP) is 10.4. The van der Waals surface area contributed by atoms with Gasteiger partial charge < -0.3 is 14.3 Å². The van der Waals surface area contributed by atoms with Gasteiger partial charge >= 0.3 is 5.76 Å². The van der Waals surface area contributed by atoms with Crippen LogP contribution in [0.1, 0.15) is 142 Å². The van der Waals surface area contributed by atoms with Crippen LogP contribution >= 0.6 is 0 Å². The number of fused-ring (bicyclic) bond motifs is 1. The molecule has 2 N–H and O–H groups in total. The van der Waals surface area contributed by atoms with Gasteiger partial charge in [-0.05, 0) is 74.6 Å². The van der Waals surface area contributed by atoms with Gasteiger partial charge in [0.05, 0.1) is 5.52 Å². The summed E-state index contributed by atoms with van der Waals surface area (Å²) >= 11 is 0. The summed E-state index contributed by atoms with van der Waals surface area (Å²) in [5.74, 6) is 0.892. The quantitative estimate of drug-likeness (QED) is 0.231. The van der Waals surface area contributed by atoms with E-state index in [1.54, 1.807) is 37.3 Å². The van der Waals surface area contributed by atoms with Gasteiger partial charge in [0.25, 0.3) is 0 Å². The van der Waals surface area contributed by atoms with Gasteiger partial charge in [-0.15, -0.1) is 0 Å². The molecule has 2 aromatic carbocycles. The lowest BCUT2D eigenvalue weighted by molar-refractivity contribution is -0.116. The molecule has 1 heterocycles. The molecule has 3 aromatic rings. The Morgan fingerprint density at radius 2 is 1.38 bits per heavy atom. The topological polar surface area (TPSA) is 100 Å². The van der Waals surface area contributed by atoms with E-state index in [9.17, 15) is 14.4 Å². The van der Waals surface area contributed by atoms with Gasteiger partial charge in [-0.2, -0.15) is 0 Å². The second-order valence-electron chi connectivity index (χ2n) is 10.8. The number of benzene rings is 2. The van der Waals surface area contributed by atoms with E-state index in [-0.39, 0.29) is 17.3 Å². The molecule has 42 heavy (non-hydrogen) atoms. The van der Waals surface area contributed by atoms with Crippen LogP contribution in [0, 0.1) is 12.8 Å². The summed E-state index contributed by atoms with van der Waals surface area (Å²) in [4.78, 5) is 35.0. The highest BCUT2D eigenvalue weighted by molar-refractivity contribution is 5.96. The molecule has 0 saturated carbocycles. The van der Waals surface area contributed by atoms with E-state index in [0.29, 0.717) is 23.1 Å². The Morgan fingerprint density at radius 3 is 1.81 bits per heavy atom. The normalized spacial score (nSPS) is 9.79. The molecule has 0 unspecified atom stereocenters. The summed E-state index contributed by atoms with van der Waals surface area (Å²) in [5, 5.41) is 9.15. The van der Waals surface area contributed by atoms with Crippen molar-refractivity contribution in [2.75, 3.05) is 0 Å². The largest absolute Gasteiger partial charge is 0.508 e. The molecule has 0 bridgehead atoms. The number of H-pyrrole nitrogens is 1. The second kappa shape index (κ2) is 25.6. The number of aryl methyl sites for hydroxylation is 2. The number of nitrogens with one attached hydrogen (secondary N) is 1. The third-order valence-corrected chi connectivity index (χ3v) is 6.46. The first-order valence-corrected chi connectivity index (χ1v) is 15.8. The summed E-state index contributed by atoms with van der Waals surface area (Å²) in [6, 6.07) is 10.1. The molecule has 0 aliphatic rings. The molecule has 1 aromatic heterocycles. The number of carbonyl (C=O) groups excluding carboxylic acids is 2. The van der Waals surface area contributed by atoms with E-state index in [1.165, 1.54) is 58.3 Å². The SMILES string of the molecule is CC(=O)CCc1ccc(O)cc1C.CC(=O)c1ccc2[nH]c(=O)oc2c1.CCCC.CCCC.CCCC(C)CCC. The minimum Gasteiger partial charge on any atom is -0.508 e. The smallest absolute Gasteiger partial charge is 0.417 e. The standard InChI is InChI=1S/C11H14O2.C9H7NO3.C8H18.2C4H10/c1-8-7-11(13)6-5-10(8)4-3-9(2)12;1-5(11)6-2-3-7-8(4-6)13-9(12)10-7;1-4-6-8(3)7-5-2;2*1-3-4-2/h5-7,13H,3-4H2,1-2H3;2-4H,1H3,(H,10,12);8H,4-7H2,1-3H3;2*3-4H2,1-2H3. The van der Waals surface area contributed by atoms with E-state index in [2.05, 4.69) is 53.5 Å². The van der Waals surface area contributed by atoms with Gasteiger partial charge in [-0.25, -0.2) is 4.79 Å². The van der Waals surface area contributed by atoms with Crippen molar-refractivity contribution >= 4 is 22.7 Å². The minimum atomic E-state index is -0.504. The summed E-state index contributed by atoms with van der Waals surface area (Å²) in [7, 11) is 0. The van der Waals surface area contributed by atoms with Gasteiger partial charge in [0, 0.05) is 12.0 Å². The van der Waals surface area contributed by atoms with Crippen LogP contribution in [0.5, 0.6) is 5.75 Å². The van der Waals surface area contributed by atoms with Gasteiger partial charge in [0.1, 0.15) is 11.5 Å². The Morgan fingerprint density at radius 1 is 0.833 bits per heavy atom. The molecule has 238 valence electrons. The Hall–Kier alpha value is -3.15. The molecular formula is C36H59NO5. The Bertz CT molecular complexity index is 1160. The fraction of sp³-hybridized carbons (Fsp3) is 0.583. The van der Waals surface area contributed by atoms with Gasteiger partial charge in [-0.3, -0.25) is 9.78 Å². The molecule has 0 aliphatic heterocycles. The number of unbranched alkanes of at least 4 members (excludes halogenated alkanes) is 2. The summed E-state index contributed by atoms with van der Waals surface area (Å²) in [5.41, 5.74) is 3.73. The summed E-state index contributed by atoms with van der Waals surface area (Å²) < 4.78 is 4.80. The fourth-order valence-electron chi connectivity index (χ4n) is 3.57. The maximum absolute atomic E-state index is 11.0. The molecule has 6 nitrogen and oxygen atoms in total. The van der Waals surface area contributed by atoms with Crippen molar-refractivity contribution in [3.63, 3.8) is 0 Å². The van der Waals surface area contributed by atoms with Crippen molar-refractivity contribution in [3.8, 4) is 5.75 Å². The van der Waals surface area contributed by atoms with Crippen LogP contribution in [0.4, 0.5) is 0 Å². The van der Waals surface area contributed by atoms with Crippen molar-refractivity contribution in [1.82, 2.24) is 4.98 Å². The second-order valence-corrected chi connectivity index (χ2v) is 10.8. The number of ketones is 2. The third kappa shape index (κ3) is 20.7. The predicted molar refractivity (Wildman–Crippen MR) is 179 cm³/mol. The van der Waals surface area contributed by atoms with Crippen LogP contribution in [0.25, 0.3) is 11.1 Å². The highest BCUT2D eigenvalue weighted by Gasteiger charge is 2.04. The number of aromatic nitrogens is 1. The van der Waals surface area contributed by atoms with Crippen molar-refractivity contribution in [3.05, 3.63) is 63.6 Å². The number of Topliss-reactive ketones (excluding diaryl/α,β-unsaturated/α-hetero) is 2. The highest BCUT2D eigenvalue weighted by Crippen LogP contribution is 2.17. The number of carbonyl (C=O) groups is 2. The van der Waals surface area contributed by atoms with Gasteiger partial charge in [-0.1, -0.05) is 106 Å². The third-order valence-electron chi connectivity index (χ3n) is 6.46. The van der Waals surface area contributed by atoms with Crippen LogP contribution in [0.3, 0.4) is 0 Å². The van der Waals surface area contributed by atoms with E-state index >= 15 is 0 Å². The Labute approximate surface area is 255 Å². The fourth-order valence-corrected chi connectivity index (χ4v) is 3.57. The number of rotatable bonds is 10. The van der Waals surface area contributed by atoms with Crippen LogP contribution in [-0.4, -0.2) is 21.7 Å². The van der Waals surface area contributed by atoms with Crippen LogP contribution < -0.4 is 5.76 Å². The number of phenolic OH excluding ortho intramolecular Hbond substituents is 1. The van der Waals surface area contributed by atoms with Gasteiger partial charge in [0.2, 0.25) is 0 Å². The van der Waals surface area contributed by atoms with Crippen molar-refractivity contribution < 1.29 is 19.1 Å². The maximum atomic E-state index is 11.0. The summed E-state index contributed by atoms with van der Waals surface area (Å²) in [6.07, 6.45) is 12.1. The van der Waals surface area contributed by atoms with E-state index in [1.807, 2.05) is 13.0 Å². The molecule has 3 rings (SSSR count). The van der Waals surface area contributed by atoms with Crippen LogP contribution in [0.15, 0.2) is 45.6 Å². The number of hydrogen-bond acceptors (Lipinski definition) is 5. The van der Waals surface area contributed by atoms with Gasteiger partial charge in [0.15, 0.2) is 11.4 Å². The molecule has 0 radical (unpaired) electrons. The van der Waals surface area contributed by atoms with Crippen molar-refractivity contribution in [2.24, 2.45) is 5.92 Å². The van der Waals surface area contributed by atoms with E-state index in [4.69, 9.17) is 9.52 Å². The zero-order chi connectivity index (χ0) is 32.5. The molecular weight excluding hydrogens is 526 g/mol. The molecule has 0 amide bonds.